The van der Waals surface area contributed by atoms with Crippen molar-refractivity contribution in [3.63, 3.8) is 0 Å². The van der Waals surface area contributed by atoms with Gasteiger partial charge >= 0.3 is 39.5 Å². The maximum Gasteiger partial charge on any atom is 0.472 e. The summed E-state index contributed by atoms with van der Waals surface area (Å²) < 4.78 is 68.3. The molecule has 5 atom stereocenters. The number of ether oxygens (including phenoxy) is 4. The highest BCUT2D eigenvalue weighted by atomic mass is 31.2. The molecule has 0 heterocycles. The largest absolute Gasteiger partial charge is 0.472 e. The highest BCUT2D eigenvalue weighted by Gasteiger charge is 2.30. The first-order chi connectivity index (χ1) is 43.4. The van der Waals surface area contributed by atoms with Crippen LogP contribution in [0.2, 0.25) is 0 Å². The lowest BCUT2D eigenvalue weighted by molar-refractivity contribution is -0.161. The smallest absolute Gasteiger partial charge is 0.462 e. The normalized spacial score (nSPS) is 14.1. The Labute approximate surface area is 549 Å². The van der Waals surface area contributed by atoms with Crippen molar-refractivity contribution in [3.05, 3.63) is 0 Å². The molecule has 0 saturated carbocycles. The lowest BCUT2D eigenvalue weighted by atomic mass is 10.0. The number of aliphatic hydroxyl groups excluding tert-OH is 1. The molecule has 534 valence electrons. The Kier molecular flexibility index (Phi) is 61.8. The van der Waals surface area contributed by atoms with Crippen molar-refractivity contribution in [2.75, 3.05) is 39.6 Å². The zero-order valence-electron chi connectivity index (χ0n) is 58.4. The summed E-state index contributed by atoms with van der Waals surface area (Å²) in [5.74, 6) is -0.555. The van der Waals surface area contributed by atoms with Gasteiger partial charge in [-0.25, -0.2) is 9.13 Å². The van der Waals surface area contributed by atoms with Gasteiger partial charge in [-0.05, 0) is 37.5 Å². The number of rotatable bonds is 70. The summed E-state index contributed by atoms with van der Waals surface area (Å²) in [7, 11) is -9.90. The fourth-order valence-corrected chi connectivity index (χ4v) is 12.3. The second kappa shape index (κ2) is 63.1. The second-order valence-corrected chi connectivity index (χ2v) is 29.5. The van der Waals surface area contributed by atoms with Gasteiger partial charge in [0, 0.05) is 25.7 Å². The summed E-state index contributed by atoms with van der Waals surface area (Å²) in [5.41, 5.74) is 0. The van der Waals surface area contributed by atoms with Gasteiger partial charge in [0.25, 0.3) is 0 Å². The van der Waals surface area contributed by atoms with Crippen molar-refractivity contribution in [3.8, 4) is 0 Å². The predicted octanol–water partition coefficient (Wildman–Crippen LogP) is 20.4. The molecule has 0 rings (SSSR count). The van der Waals surface area contributed by atoms with Crippen molar-refractivity contribution < 1.29 is 80.2 Å². The van der Waals surface area contributed by atoms with Crippen LogP contribution in [0.3, 0.4) is 0 Å². The van der Waals surface area contributed by atoms with E-state index in [1.807, 2.05) is 0 Å². The van der Waals surface area contributed by atoms with Crippen LogP contribution >= 0.6 is 15.6 Å². The predicted molar refractivity (Wildman–Crippen MR) is 363 cm³/mol. The maximum atomic E-state index is 13.0. The minimum Gasteiger partial charge on any atom is -0.462 e. The van der Waals surface area contributed by atoms with E-state index in [-0.39, 0.29) is 25.7 Å². The Morgan fingerprint density at radius 3 is 0.756 bits per heavy atom. The average Bonchev–Trinajstić information content (AvgIpc) is 3.26. The number of hydrogen-bond acceptors (Lipinski definition) is 15. The van der Waals surface area contributed by atoms with Gasteiger partial charge in [0.1, 0.15) is 19.3 Å². The molecule has 0 spiro atoms. The van der Waals surface area contributed by atoms with Gasteiger partial charge in [0.2, 0.25) is 0 Å². The third kappa shape index (κ3) is 64.8. The van der Waals surface area contributed by atoms with Gasteiger partial charge in [-0.1, -0.05) is 311 Å². The Balaban J connectivity index is 5.22. The zero-order valence-corrected chi connectivity index (χ0v) is 60.2. The third-order valence-electron chi connectivity index (χ3n) is 16.5. The molecule has 0 aliphatic heterocycles. The molecule has 19 heteroatoms. The quantitative estimate of drug-likeness (QED) is 0.0222. The molecule has 0 aromatic rings. The zero-order chi connectivity index (χ0) is 66.5. The number of phosphoric acid groups is 2. The van der Waals surface area contributed by atoms with Crippen LogP contribution in [0.5, 0.6) is 0 Å². The molecule has 0 aliphatic rings. The number of hydrogen-bond donors (Lipinski definition) is 3. The van der Waals surface area contributed by atoms with E-state index in [0.29, 0.717) is 25.7 Å². The molecule has 3 N–H and O–H groups in total. The van der Waals surface area contributed by atoms with Crippen LogP contribution in [0.4, 0.5) is 0 Å². The standard InChI is InChI=1S/C71H138O17P2/c1-7-9-11-13-15-17-30-37-43-49-55-70(75)87-66(59-81-68(73)53-47-41-35-27-16-14-12-10-8-2)61-85-89(77,78)83-57-65(72)58-84-90(79,80)86-62-67(60-82-69(74)54-48-42-36-31-25-22-21-24-29-34-40-46-52-64(5)6)88-71(76)56-50-44-38-32-26-20-18-19-23-28-33-39-45-51-63(3)4/h63-67,72H,7-62H2,1-6H3,(H,77,78)(H,79,80)/t65-,66+,67+/m0/s1. The average molecular weight is 1330 g/mol. The van der Waals surface area contributed by atoms with Crippen LogP contribution < -0.4 is 0 Å². The molecule has 0 aromatic carbocycles. The molecular weight excluding hydrogens is 1190 g/mol. The molecule has 0 saturated heterocycles. The van der Waals surface area contributed by atoms with Crippen molar-refractivity contribution in [1.82, 2.24) is 0 Å². The number of phosphoric ester groups is 2. The van der Waals surface area contributed by atoms with Crippen LogP contribution in [0.1, 0.15) is 363 Å². The topological polar surface area (TPSA) is 237 Å². The van der Waals surface area contributed by atoms with Crippen LogP contribution in [0.15, 0.2) is 0 Å². The minimum absolute atomic E-state index is 0.106. The first kappa shape index (κ1) is 88.1. The molecule has 17 nitrogen and oxygen atoms in total. The highest BCUT2D eigenvalue weighted by Crippen LogP contribution is 2.45. The van der Waals surface area contributed by atoms with E-state index in [2.05, 4.69) is 41.5 Å². The number of carbonyl (C=O) groups is 4. The lowest BCUT2D eigenvalue weighted by Gasteiger charge is -2.21. The Morgan fingerprint density at radius 2 is 0.511 bits per heavy atom. The molecule has 0 amide bonds. The van der Waals surface area contributed by atoms with Gasteiger partial charge in [0.05, 0.1) is 26.4 Å². The van der Waals surface area contributed by atoms with E-state index in [1.54, 1.807) is 0 Å². The molecule has 90 heavy (non-hydrogen) atoms. The highest BCUT2D eigenvalue weighted by molar-refractivity contribution is 7.47. The number of carbonyl (C=O) groups excluding carboxylic acids is 4. The Bertz CT molecular complexity index is 1750. The summed E-state index contributed by atoms with van der Waals surface area (Å²) in [4.78, 5) is 72.5. The molecule has 0 aliphatic carbocycles. The van der Waals surface area contributed by atoms with Gasteiger partial charge in [-0.2, -0.15) is 0 Å². The first-order valence-electron chi connectivity index (χ1n) is 37.0. The lowest BCUT2D eigenvalue weighted by Crippen LogP contribution is -2.30. The first-order valence-corrected chi connectivity index (χ1v) is 40.0. The summed E-state index contributed by atoms with van der Waals surface area (Å²) in [5, 5.41) is 10.6. The van der Waals surface area contributed by atoms with Gasteiger partial charge in [-0.3, -0.25) is 37.3 Å². The molecule has 0 fully saturated rings. The maximum absolute atomic E-state index is 13.0. The SMILES string of the molecule is CCCCCCCCCCCCC(=O)O[C@H](COC(=O)CCCCCCCCCCC)COP(=O)(O)OC[C@H](O)COP(=O)(O)OC[C@@H](COC(=O)CCCCCCCCCCCCCCC(C)C)OC(=O)CCCCCCCCCCCCCCCC(C)C. The van der Waals surface area contributed by atoms with E-state index < -0.39 is 97.5 Å². The Hall–Kier alpha value is -1.94. The molecular formula is C71H138O17P2. The third-order valence-corrected chi connectivity index (χ3v) is 18.4. The number of esters is 4. The molecule has 2 unspecified atom stereocenters. The van der Waals surface area contributed by atoms with Crippen molar-refractivity contribution in [2.45, 2.75) is 381 Å². The van der Waals surface area contributed by atoms with Crippen LogP contribution in [0, 0.1) is 11.8 Å². The summed E-state index contributed by atoms with van der Waals surface area (Å²) in [6.07, 6.45) is 48.5. The molecule has 0 bridgehead atoms. The van der Waals surface area contributed by atoms with Crippen molar-refractivity contribution >= 4 is 39.5 Å². The molecule has 0 aromatic heterocycles. The van der Waals surface area contributed by atoms with E-state index in [9.17, 15) is 43.2 Å². The number of aliphatic hydroxyl groups is 1. The van der Waals surface area contributed by atoms with Gasteiger partial charge in [0.15, 0.2) is 12.2 Å². The summed E-state index contributed by atoms with van der Waals surface area (Å²) in [6.45, 7) is 9.56. The summed E-state index contributed by atoms with van der Waals surface area (Å²) >= 11 is 0. The van der Waals surface area contributed by atoms with E-state index >= 15 is 0 Å². The van der Waals surface area contributed by atoms with E-state index in [0.717, 1.165) is 102 Å². The van der Waals surface area contributed by atoms with Crippen LogP contribution in [-0.4, -0.2) is 96.7 Å². The molecule has 0 radical (unpaired) electrons. The van der Waals surface area contributed by atoms with Gasteiger partial charge < -0.3 is 33.8 Å². The monoisotopic (exact) mass is 1320 g/mol. The van der Waals surface area contributed by atoms with Gasteiger partial charge in [-0.15, -0.1) is 0 Å². The van der Waals surface area contributed by atoms with Crippen LogP contribution in [-0.2, 0) is 65.4 Å². The summed E-state index contributed by atoms with van der Waals surface area (Å²) in [6, 6.07) is 0. The number of unbranched alkanes of at least 4 members (excludes halogenated alkanes) is 40. The fourth-order valence-electron chi connectivity index (χ4n) is 10.8. The minimum atomic E-state index is -4.95. The fraction of sp³-hybridized carbons (Fsp3) is 0.944. The van der Waals surface area contributed by atoms with E-state index in [4.69, 9.17) is 37.0 Å². The second-order valence-electron chi connectivity index (χ2n) is 26.6. The Morgan fingerprint density at radius 1 is 0.300 bits per heavy atom. The van der Waals surface area contributed by atoms with E-state index in [1.165, 1.54) is 180 Å². The van der Waals surface area contributed by atoms with Crippen molar-refractivity contribution in [2.24, 2.45) is 11.8 Å². The van der Waals surface area contributed by atoms with Crippen LogP contribution in [0.25, 0.3) is 0 Å². The van der Waals surface area contributed by atoms with Crippen molar-refractivity contribution in [1.29, 1.82) is 0 Å².